The maximum atomic E-state index is 12.3. The summed E-state index contributed by atoms with van der Waals surface area (Å²) in [6.45, 7) is 0.705. The van der Waals surface area contributed by atoms with Crippen molar-refractivity contribution in [2.75, 3.05) is 0 Å². The number of aliphatic imine (C=N–C) groups is 1. The predicted octanol–water partition coefficient (Wildman–Crippen LogP) is 6.78. The largest absolute Gasteiger partial charge is 0.488 e. The molecule has 1 aliphatic heterocycles. The van der Waals surface area contributed by atoms with Crippen LogP contribution in [0.2, 0.25) is 0 Å². The number of pyridine rings is 4. The molecule has 6 heterocycles. The zero-order valence-electron chi connectivity index (χ0n) is 29.5. The molecule has 13 heteroatoms. The highest BCUT2D eigenvalue weighted by Crippen LogP contribution is 2.34. The number of benzene rings is 4. The number of fused-ring (bicyclic) bond motifs is 4. The smallest absolute Gasteiger partial charge is 0.423 e. The van der Waals surface area contributed by atoms with Gasteiger partial charge in [0.1, 0.15) is 11.3 Å². The van der Waals surface area contributed by atoms with Crippen molar-refractivity contribution in [1.82, 2.24) is 30.1 Å². The third-order valence-corrected chi connectivity index (χ3v) is 9.85. The van der Waals surface area contributed by atoms with Crippen molar-refractivity contribution in [2.24, 2.45) is 4.99 Å². The Balaban J connectivity index is 0.000000128. The summed E-state index contributed by atoms with van der Waals surface area (Å²) in [4.78, 5) is 43.4. The van der Waals surface area contributed by atoms with E-state index in [0.29, 0.717) is 34.1 Å². The van der Waals surface area contributed by atoms with Gasteiger partial charge >= 0.3 is 7.12 Å². The summed E-state index contributed by atoms with van der Waals surface area (Å²) in [5, 5.41) is 27.0. The summed E-state index contributed by atoms with van der Waals surface area (Å²) >= 11 is 3.47. The average Bonchev–Trinajstić information content (AvgIpc) is 3.91. The van der Waals surface area contributed by atoms with Crippen LogP contribution in [0.15, 0.2) is 159 Å². The molecule has 0 aliphatic carbocycles. The molecular formula is C43H31BBrN7O4. The molecule has 0 bridgehead atoms. The molecule has 10 rings (SSSR count). The van der Waals surface area contributed by atoms with Gasteiger partial charge in [-0.3, -0.25) is 19.7 Å². The highest BCUT2D eigenvalue weighted by molar-refractivity contribution is 9.10. The molecule has 0 fully saturated rings. The van der Waals surface area contributed by atoms with E-state index in [4.69, 9.17) is 15.0 Å². The van der Waals surface area contributed by atoms with Gasteiger partial charge in [0.15, 0.2) is 10.9 Å². The van der Waals surface area contributed by atoms with E-state index in [9.17, 15) is 9.59 Å². The Hall–Kier alpha value is -6.80. The minimum atomic E-state index is -1.38. The first-order chi connectivity index (χ1) is 27.3. The van der Waals surface area contributed by atoms with Gasteiger partial charge in [-0.15, -0.1) is 0 Å². The number of hydrogen-bond acceptors (Lipinski definition) is 8. The second-order valence-corrected chi connectivity index (χ2v) is 13.7. The maximum Gasteiger partial charge on any atom is 0.488 e. The summed E-state index contributed by atoms with van der Waals surface area (Å²) in [5.41, 5.74) is 10.3. The molecule has 0 spiro atoms. The monoisotopic (exact) mass is 799 g/mol. The zero-order chi connectivity index (χ0) is 38.6. The van der Waals surface area contributed by atoms with Gasteiger partial charge in [0.05, 0.1) is 40.4 Å². The van der Waals surface area contributed by atoms with Crippen molar-refractivity contribution in [3.8, 4) is 33.6 Å². The van der Waals surface area contributed by atoms with E-state index in [-0.39, 0.29) is 10.9 Å². The molecule has 5 aromatic heterocycles. The Kier molecular flexibility index (Phi) is 10.3. The minimum Gasteiger partial charge on any atom is -0.423 e. The SMILES string of the molecule is O=c1cc[nH]c2nc(-c3ccccc3)c(-c3ccc4[nH]ncc4c3)cc12.O=c1cc[nH]c2nc(-c3ccccc3)c(Br)cc12.OB(O)c1ccc2c(c1)C=NC2. The molecule has 4 aromatic carbocycles. The van der Waals surface area contributed by atoms with Gasteiger partial charge in [-0.1, -0.05) is 84.9 Å². The number of aromatic nitrogens is 6. The highest BCUT2D eigenvalue weighted by atomic mass is 79.9. The first kappa shape index (κ1) is 36.2. The van der Waals surface area contributed by atoms with Crippen LogP contribution in [0.25, 0.3) is 66.6 Å². The molecule has 9 aromatic rings. The van der Waals surface area contributed by atoms with Crippen LogP contribution in [0.1, 0.15) is 11.1 Å². The summed E-state index contributed by atoms with van der Waals surface area (Å²) in [6.07, 6.45) is 6.79. The lowest BCUT2D eigenvalue weighted by Gasteiger charge is -2.11. The van der Waals surface area contributed by atoms with Crippen LogP contribution >= 0.6 is 15.9 Å². The van der Waals surface area contributed by atoms with Crippen LogP contribution in [0.3, 0.4) is 0 Å². The summed E-state index contributed by atoms with van der Waals surface area (Å²) in [5.74, 6) is 0. The summed E-state index contributed by atoms with van der Waals surface area (Å²) in [6, 6.07) is 38.0. The Morgan fingerprint density at radius 1 is 0.661 bits per heavy atom. The fraction of sp³-hybridized carbons (Fsp3) is 0.0233. The third kappa shape index (κ3) is 7.59. The van der Waals surface area contributed by atoms with Crippen LogP contribution in [0.4, 0.5) is 0 Å². The lowest BCUT2D eigenvalue weighted by molar-refractivity contribution is 0.426. The van der Waals surface area contributed by atoms with Gasteiger partial charge in [-0.2, -0.15) is 5.10 Å². The Morgan fingerprint density at radius 2 is 1.30 bits per heavy atom. The van der Waals surface area contributed by atoms with Gasteiger partial charge in [0.25, 0.3) is 0 Å². The van der Waals surface area contributed by atoms with Crippen molar-refractivity contribution < 1.29 is 10.0 Å². The number of rotatable bonds is 4. The molecule has 0 saturated carbocycles. The van der Waals surface area contributed by atoms with E-state index in [2.05, 4.69) is 52.1 Å². The fourth-order valence-electron chi connectivity index (χ4n) is 6.40. The number of halogens is 1. The molecule has 0 unspecified atom stereocenters. The number of H-pyrrole nitrogens is 3. The standard InChI is InChI=1S/C21H14N4O.C14H9BrN2O.C8H8BNO2/c26-19-8-9-22-21-17(19)11-16(20(24-21)13-4-2-1-3-5-13)14-6-7-18-15(10-14)12-23-25-18;15-11-8-10-12(18)6-7-16-14(10)17-13(11)9-4-2-1-3-5-9;11-9(12)8-2-1-6-4-10-5-7(6)3-8/h1-12H,(H,23,25)(H,22,24,26);1-8H,(H,16,17,18);1-3,5,11-12H,4H2. The Bertz CT molecular complexity index is 3000. The van der Waals surface area contributed by atoms with Crippen LogP contribution in [-0.2, 0) is 6.54 Å². The van der Waals surface area contributed by atoms with Crippen LogP contribution in [0.5, 0.6) is 0 Å². The molecule has 56 heavy (non-hydrogen) atoms. The van der Waals surface area contributed by atoms with Gasteiger partial charge in [0, 0.05) is 57.3 Å². The van der Waals surface area contributed by atoms with Gasteiger partial charge in [-0.25, -0.2) is 9.97 Å². The lowest BCUT2D eigenvalue weighted by atomic mass is 9.79. The molecule has 0 amide bonds. The Morgan fingerprint density at radius 3 is 1.98 bits per heavy atom. The molecule has 1 aliphatic rings. The van der Waals surface area contributed by atoms with Crippen molar-refractivity contribution in [1.29, 1.82) is 0 Å². The normalized spacial score (nSPS) is 11.5. The second-order valence-electron chi connectivity index (χ2n) is 12.9. The number of hydrogen-bond donors (Lipinski definition) is 5. The number of nitrogens with zero attached hydrogens (tertiary/aromatic N) is 4. The molecule has 5 N–H and O–H groups in total. The van der Waals surface area contributed by atoms with Crippen molar-refractivity contribution in [3.63, 3.8) is 0 Å². The highest BCUT2D eigenvalue weighted by Gasteiger charge is 2.15. The van der Waals surface area contributed by atoms with E-state index in [1.807, 2.05) is 91.0 Å². The molecule has 0 atom stereocenters. The van der Waals surface area contributed by atoms with E-state index in [1.54, 1.807) is 36.9 Å². The van der Waals surface area contributed by atoms with Crippen molar-refractivity contribution in [3.05, 3.63) is 176 Å². The molecule has 0 saturated heterocycles. The molecular weight excluding hydrogens is 769 g/mol. The van der Waals surface area contributed by atoms with Crippen molar-refractivity contribution >= 4 is 67.7 Å². The minimum absolute atomic E-state index is 0.0310. The predicted molar refractivity (Wildman–Crippen MR) is 226 cm³/mol. The fourth-order valence-corrected chi connectivity index (χ4v) is 6.94. The Labute approximate surface area is 327 Å². The van der Waals surface area contributed by atoms with Crippen LogP contribution in [-0.4, -0.2) is 53.5 Å². The topological polar surface area (TPSA) is 173 Å². The van der Waals surface area contributed by atoms with E-state index in [1.165, 1.54) is 12.1 Å². The van der Waals surface area contributed by atoms with E-state index >= 15 is 0 Å². The molecule has 11 nitrogen and oxygen atoms in total. The average molecular weight is 800 g/mol. The van der Waals surface area contributed by atoms with Crippen LogP contribution < -0.4 is 16.3 Å². The number of aromatic amines is 3. The van der Waals surface area contributed by atoms with E-state index in [0.717, 1.165) is 60.1 Å². The summed E-state index contributed by atoms with van der Waals surface area (Å²) in [7, 11) is -1.38. The van der Waals surface area contributed by atoms with Gasteiger partial charge in [-0.05, 0) is 62.3 Å². The third-order valence-electron chi connectivity index (χ3n) is 9.24. The van der Waals surface area contributed by atoms with E-state index < -0.39 is 7.12 Å². The quantitative estimate of drug-likeness (QED) is 0.122. The van der Waals surface area contributed by atoms with Gasteiger partial charge in [0.2, 0.25) is 0 Å². The second kappa shape index (κ2) is 15.9. The van der Waals surface area contributed by atoms with Crippen LogP contribution in [0, 0.1) is 0 Å². The molecule has 0 radical (unpaired) electrons. The zero-order valence-corrected chi connectivity index (χ0v) is 31.1. The maximum absolute atomic E-state index is 12.3. The van der Waals surface area contributed by atoms with Gasteiger partial charge < -0.3 is 20.0 Å². The first-order valence-corrected chi connectivity index (χ1v) is 18.4. The lowest BCUT2D eigenvalue weighted by Crippen LogP contribution is -2.30. The summed E-state index contributed by atoms with van der Waals surface area (Å²) < 4.78 is 0.818. The number of nitrogens with one attached hydrogen (secondary N) is 3. The first-order valence-electron chi connectivity index (χ1n) is 17.6. The molecule has 272 valence electrons. The van der Waals surface area contributed by atoms with Crippen molar-refractivity contribution in [2.45, 2.75) is 6.54 Å².